The maximum Gasteiger partial charge on any atom is 0.328 e. The molecule has 3 aromatic rings. The average molecular weight is 356 g/mol. The van der Waals surface area contributed by atoms with E-state index in [-0.39, 0.29) is 12.4 Å². The van der Waals surface area contributed by atoms with Gasteiger partial charge in [-0.05, 0) is 26.0 Å². The van der Waals surface area contributed by atoms with Gasteiger partial charge in [-0.15, -0.1) is 0 Å². The van der Waals surface area contributed by atoms with Crippen molar-refractivity contribution < 1.29 is 9.32 Å². The predicted octanol–water partition coefficient (Wildman–Crippen LogP) is 0.167. The van der Waals surface area contributed by atoms with Crippen LogP contribution in [0, 0.1) is 6.92 Å². The highest BCUT2D eigenvalue weighted by molar-refractivity contribution is 5.76. The van der Waals surface area contributed by atoms with Crippen molar-refractivity contribution in [1.82, 2.24) is 30.0 Å². The maximum absolute atomic E-state index is 12.2. The molecule has 134 valence electrons. The number of pyridine rings is 1. The van der Waals surface area contributed by atoms with Gasteiger partial charge in [-0.3, -0.25) is 24.1 Å². The smallest absolute Gasteiger partial charge is 0.328 e. The van der Waals surface area contributed by atoms with Crippen LogP contribution in [-0.4, -0.2) is 30.6 Å². The van der Waals surface area contributed by atoms with Gasteiger partial charge < -0.3 is 9.84 Å². The molecular formula is C16H16N6O4. The molecule has 0 saturated heterocycles. The molecule has 0 unspecified atom stereocenters. The van der Waals surface area contributed by atoms with Crippen LogP contribution in [0.15, 0.2) is 44.8 Å². The van der Waals surface area contributed by atoms with E-state index in [9.17, 15) is 14.4 Å². The third-order valence-corrected chi connectivity index (χ3v) is 3.63. The van der Waals surface area contributed by atoms with E-state index in [1.165, 1.54) is 6.20 Å². The van der Waals surface area contributed by atoms with Crippen molar-refractivity contribution in [1.29, 1.82) is 0 Å². The van der Waals surface area contributed by atoms with Crippen LogP contribution in [0.4, 0.5) is 0 Å². The third kappa shape index (κ3) is 3.74. The Balaban J connectivity index is 1.68. The molecule has 3 aromatic heterocycles. The molecule has 1 atom stereocenters. The molecule has 0 bridgehead atoms. The van der Waals surface area contributed by atoms with E-state index in [1.54, 1.807) is 38.4 Å². The normalized spacial score (nSPS) is 11.9. The first-order valence-electron chi connectivity index (χ1n) is 7.78. The lowest BCUT2D eigenvalue weighted by Crippen LogP contribution is -2.37. The number of aromatic nitrogens is 5. The molecule has 1 amide bonds. The van der Waals surface area contributed by atoms with Crippen LogP contribution < -0.4 is 16.6 Å². The van der Waals surface area contributed by atoms with E-state index >= 15 is 0 Å². The Morgan fingerprint density at radius 3 is 2.81 bits per heavy atom. The molecule has 0 spiro atoms. The van der Waals surface area contributed by atoms with Crippen LogP contribution in [-0.2, 0) is 11.3 Å². The zero-order valence-electron chi connectivity index (χ0n) is 14.1. The first kappa shape index (κ1) is 17.3. The minimum atomic E-state index is -0.652. The van der Waals surface area contributed by atoms with Crippen LogP contribution in [0.2, 0.25) is 0 Å². The summed E-state index contributed by atoms with van der Waals surface area (Å²) in [6, 6.07) is 2.93. The van der Waals surface area contributed by atoms with Crippen LogP contribution >= 0.6 is 0 Å². The second-order valence-electron chi connectivity index (χ2n) is 5.68. The van der Waals surface area contributed by atoms with Crippen molar-refractivity contribution in [2.24, 2.45) is 0 Å². The Labute approximate surface area is 146 Å². The van der Waals surface area contributed by atoms with Crippen molar-refractivity contribution in [3.05, 3.63) is 63.0 Å². The highest BCUT2D eigenvalue weighted by Gasteiger charge is 2.18. The van der Waals surface area contributed by atoms with E-state index in [1.807, 2.05) is 0 Å². The van der Waals surface area contributed by atoms with E-state index in [0.717, 1.165) is 10.1 Å². The highest BCUT2D eigenvalue weighted by atomic mass is 16.5. The van der Waals surface area contributed by atoms with E-state index in [0.29, 0.717) is 11.4 Å². The number of carbonyl (C=O) groups excluding carboxylic acids is 1. The maximum atomic E-state index is 12.2. The molecule has 0 saturated carbocycles. The van der Waals surface area contributed by atoms with Crippen molar-refractivity contribution in [3.63, 3.8) is 0 Å². The number of aromatic amines is 1. The molecule has 0 aliphatic carbocycles. The summed E-state index contributed by atoms with van der Waals surface area (Å²) in [5.41, 5.74) is -0.0520. The van der Waals surface area contributed by atoms with Gasteiger partial charge >= 0.3 is 5.69 Å². The first-order chi connectivity index (χ1) is 12.4. The molecule has 2 N–H and O–H groups in total. The molecule has 10 heteroatoms. The lowest BCUT2D eigenvalue weighted by atomic mass is 10.2. The molecular weight excluding hydrogens is 340 g/mol. The van der Waals surface area contributed by atoms with Crippen molar-refractivity contribution >= 4 is 5.91 Å². The SMILES string of the molecule is Cc1cn(CC(=O)N[C@@H](C)c2nc(-c3ccncc3)no2)c(=O)[nH]c1=O. The monoisotopic (exact) mass is 356 g/mol. The number of H-pyrrole nitrogens is 1. The summed E-state index contributed by atoms with van der Waals surface area (Å²) < 4.78 is 6.30. The van der Waals surface area contributed by atoms with E-state index < -0.39 is 23.2 Å². The summed E-state index contributed by atoms with van der Waals surface area (Å²) in [5.74, 6) is 0.181. The van der Waals surface area contributed by atoms with Crippen LogP contribution in [0.3, 0.4) is 0 Å². The number of nitrogens with zero attached hydrogens (tertiary/aromatic N) is 4. The zero-order valence-corrected chi connectivity index (χ0v) is 14.1. The topological polar surface area (TPSA) is 136 Å². The van der Waals surface area contributed by atoms with Crippen molar-refractivity contribution in [2.75, 3.05) is 0 Å². The summed E-state index contributed by atoms with van der Waals surface area (Å²) >= 11 is 0. The number of amides is 1. The van der Waals surface area contributed by atoms with Gasteiger partial charge in [0.2, 0.25) is 17.6 Å². The van der Waals surface area contributed by atoms with Crippen LogP contribution in [0.25, 0.3) is 11.4 Å². The fourth-order valence-electron chi connectivity index (χ4n) is 2.27. The highest BCUT2D eigenvalue weighted by Crippen LogP contribution is 2.17. The first-order valence-corrected chi connectivity index (χ1v) is 7.78. The summed E-state index contributed by atoms with van der Waals surface area (Å²) in [6.07, 6.45) is 4.56. The number of aryl methyl sites for hydroxylation is 1. The van der Waals surface area contributed by atoms with E-state index in [2.05, 4.69) is 25.4 Å². The number of rotatable bonds is 5. The molecule has 10 nitrogen and oxygen atoms in total. The molecule has 3 heterocycles. The summed E-state index contributed by atoms with van der Waals surface area (Å²) in [5, 5.41) is 6.55. The van der Waals surface area contributed by atoms with Gasteiger partial charge in [-0.2, -0.15) is 4.98 Å². The Morgan fingerprint density at radius 1 is 1.35 bits per heavy atom. The van der Waals surface area contributed by atoms with Gasteiger partial charge in [0, 0.05) is 29.7 Å². The Morgan fingerprint density at radius 2 is 2.08 bits per heavy atom. The summed E-state index contributed by atoms with van der Waals surface area (Å²) in [7, 11) is 0. The fourth-order valence-corrected chi connectivity index (χ4v) is 2.27. The molecule has 0 fully saturated rings. The minimum absolute atomic E-state index is 0.232. The van der Waals surface area contributed by atoms with Gasteiger partial charge in [0.25, 0.3) is 5.56 Å². The fraction of sp³-hybridized carbons (Fsp3) is 0.250. The largest absolute Gasteiger partial charge is 0.343 e. The zero-order chi connectivity index (χ0) is 18.7. The average Bonchev–Trinajstić information content (AvgIpc) is 3.10. The molecule has 0 aromatic carbocycles. The van der Waals surface area contributed by atoms with Crippen LogP contribution in [0.5, 0.6) is 0 Å². The Kier molecular flexibility index (Phi) is 4.74. The summed E-state index contributed by atoms with van der Waals surface area (Å²) in [6.45, 7) is 2.99. The quantitative estimate of drug-likeness (QED) is 0.665. The molecule has 0 aliphatic rings. The predicted molar refractivity (Wildman–Crippen MR) is 90.1 cm³/mol. The van der Waals surface area contributed by atoms with Gasteiger partial charge in [0.1, 0.15) is 12.6 Å². The van der Waals surface area contributed by atoms with Gasteiger partial charge in [-0.25, -0.2) is 4.79 Å². The molecule has 0 aliphatic heterocycles. The summed E-state index contributed by atoms with van der Waals surface area (Å²) in [4.78, 5) is 45.6. The lowest BCUT2D eigenvalue weighted by Gasteiger charge is -2.11. The van der Waals surface area contributed by atoms with Crippen molar-refractivity contribution in [2.45, 2.75) is 26.4 Å². The molecule has 3 rings (SSSR count). The minimum Gasteiger partial charge on any atom is -0.343 e. The number of carbonyl (C=O) groups is 1. The van der Waals surface area contributed by atoms with Crippen molar-refractivity contribution in [3.8, 4) is 11.4 Å². The third-order valence-electron chi connectivity index (χ3n) is 3.63. The second kappa shape index (κ2) is 7.13. The van der Waals surface area contributed by atoms with Gasteiger partial charge in [0.05, 0.1) is 0 Å². The Bertz CT molecular complexity index is 1040. The second-order valence-corrected chi connectivity index (χ2v) is 5.68. The number of nitrogens with one attached hydrogen (secondary N) is 2. The lowest BCUT2D eigenvalue weighted by molar-refractivity contribution is -0.122. The molecule has 0 radical (unpaired) electrons. The number of hydrogen-bond acceptors (Lipinski definition) is 7. The van der Waals surface area contributed by atoms with Gasteiger partial charge in [0.15, 0.2) is 0 Å². The van der Waals surface area contributed by atoms with Gasteiger partial charge in [-0.1, -0.05) is 5.16 Å². The van der Waals surface area contributed by atoms with E-state index in [4.69, 9.17) is 4.52 Å². The number of hydrogen-bond donors (Lipinski definition) is 2. The standard InChI is InChI=1S/C16H16N6O4/c1-9-7-22(16(25)20-14(9)24)8-12(23)18-10(2)15-19-13(21-26-15)11-3-5-17-6-4-11/h3-7,10H,8H2,1-2H3,(H,18,23)(H,20,24,25)/t10-/m0/s1. The van der Waals surface area contributed by atoms with Crippen LogP contribution in [0.1, 0.15) is 24.4 Å². The molecule has 26 heavy (non-hydrogen) atoms. The Hall–Kier alpha value is -3.56.